The fourth-order valence-electron chi connectivity index (χ4n) is 1.42. The molecule has 0 atom stereocenters. The predicted octanol–water partition coefficient (Wildman–Crippen LogP) is 3.32. The first-order valence-electron chi connectivity index (χ1n) is 5.41. The van der Waals surface area contributed by atoms with Crippen molar-refractivity contribution in [1.82, 2.24) is 9.97 Å². The number of halogens is 4. The Bertz CT molecular complexity index is 643. The number of aryl methyl sites for hydroxylation is 1. The Morgan fingerprint density at radius 2 is 1.85 bits per heavy atom. The summed E-state index contributed by atoms with van der Waals surface area (Å²) in [4.78, 5) is 6.30. The van der Waals surface area contributed by atoms with Gasteiger partial charge in [-0.3, -0.25) is 0 Å². The fourth-order valence-corrected chi connectivity index (χ4v) is 1.42. The average molecular weight is 287 g/mol. The Balaban J connectivity index is 2.33. The molecule has 0 aliphatic carbocycles. The molecule has 1 aromatic heterocycles. The van der Waals surface area contributed by atoms with Gasteiger partial charge in [-0.2, -0.15) is 18.2 Å². The van der Waals surface area contributed by atoms with Crippen molar-refractivity contribution in [2.24, 2.45) is 0 Å². The third-order valence-corrected chi connectivity index (χ3v) is 2.33. The molecule has 0 radical (unpaired) electrons. The minimum absolute atomic E-state index is 0.148. The second-order valence-electron chi connectivity index (χ2n) is 3.97. The summed E-state index contributed by atoms with van der Waals surface area (Å²) < 4.78 is 55.8. The van der Waals surface area contributed by atoms with Gasteiger partial charge in [0, 0.05) is 6.07 Å². The zero-order valence-electron chi connectivity index (χ0n) is 10.2. The first kappa shape index (κ1) is 14.0. The van der Waals surface area contributed by atoms with Gasteiger partial charge in [0.1, 0.15) is 17.4 Å². The van der Waals surface area contributed by atoms with Gasteiger partial charge in [0.15, 0.2) is 0 Å². The molecule has 0 spiro atoms. The average Bonchev–Trinajstić information content (AvgIpc) is 2.32. The summed E-state index contributed by atoms with van der Waals surface area (Å²) in [5, 5.41) is 0. The minimum atomic E-state index is -4.73. The zero-order chi connectivity index (χ0) is 14.9. The van der Waals surface area contributed by atoms with E-state index in [1.807, 2.05) is 0 Å². The van der Waals surface area contributed by atoms with Crippen LogP contribution in [0.25, 0.3) is 0 Å². The van der Waals surface area contributed by atoms with Crippen molar-refractivity contribution in [1.29, 1.82) is 0 Å². The molecule has 0 aliphatic heterocycles. The molecule has 0 fully saturated rings. The molecule has 0 saturated carbocycles. The highest BCUT2D eigenvalue weighted by molar-refractivity contribution is 5.37. The molecule has 8 heteroatoms. The maximum absolute atomic E-state index is 13.1. The molecule has 20 heavy (non-hydrogen) atoms. The van der Waals surface area contributed by atoms with Crippen molar-refractivity contribution in [2.45, 2.75) is 13.1 Å². The number of hydrogen-bond donors (Lipinski definition) is 1. The van der Waals surface area contributed by atoms with Gasteiger partial charge in [-0.15, -0.1) is 0 Å². The summed E-state index contributed by atoms with van der Waals surface area (Å²) in [6.07, 6.45) is -4.73. The van der Waals surface area contributed by atoms with Crippen molar-refractivity contribution in [3.63, 3.8) is 0 Å². The van der Waals surface area contributed by atoms with E-state index in [4.69, 9.17) is 10.5 Å². The van der Waals surface area contributed by atoms with E-state index >= 15 is 0 Å². The van der Waals surface area contributed by atoms with E-state index in [9.17, 15) is 17.6 Å². The van der Waals surface area contributed by atoms with Gasteiger partial charge >= 0.3 is 6.18 Å². The number of nitrogens with zero attached hydrogens (tertiary/aromatic N) is 2. The first-order chi connectivity index (χ1) is 9.25. The lowest BCUT2D eigenvalue weighted by Gasteiger charge is -2.09. The Kier molecular flexibility index (Phi) is 3.47. The van der Waals surface area contributed by atoms with Crippen LogP contribution in [-0.4, -0.2) is 9.97 Å². The van der Waals surface area contributed by atoms with Crippen LogP contribution in [0.3, 0.4) is 0 Å². The van der Waals surface area contributed by atoms with Gasteiger partial charge in [-0.1, -0.05) is 0 Å². The summed E-state index contributed by atoms with van der Waals surface area (Å²) >= 11 is 0. The predicted molar refractivity (Wildman–Crippen MR) is 62.7 cm³/mol. The molecule has 0 aliphatic rings. The molecular weight excluding hydrogens is 278 g/mol. The third kappa shape index (κ3) is 3.14. The quantitative estimate of drug-likeness (QED) is 0.861. The standard InChI is InChI=1S/C12H9F4N3O/c1-6-4-7(2-3-8(6)13)20-10-5-9(17)18-11(19-10)12(14,15)16/h2-5H,1H3,(H2,17,18,19). The Labute approximate surface area is 111 Å². The zero-order valence-corrected chi connectivity index (χ0v) is 10.2. The van der Waals surface area contributed by atoms with Crippen LogP contribution in [0.5, 0.6) is 11.6 Å². The van der Waals surface area contributed by atoms with Gasteiger partial charge in [0.2, 0.25) is 11.7 Å². The Morgan fingerprint density at radius 1 is 1.15 bits per heavy atom. The number of ether oxygens (including phenoxy) is 1. The van der Waals surface area contributed by atoms with E-state index in [-0.39, 0.29) is 17.4 Å². The molecule has 1 heterocycles. The number of rotatable bonds is 2. The fraction of sp³-hybridized carbons (Fsp3) is 0.167. The van der Waals surface area contributed by atoms with E-state index in [1.54, 1.807) is 0 Å². The van der Waals surface area contributed by atoms with Gasteiger partial charge in [0.25, 0.3) is 0 Å². The van der Waals surface area contributed by atoms with Crippen LogP contribution in [0.2, 0.25) is 0 Å². The molecule has 2 N–H and O–H groups in total. The lowest BCUT2D eigenvalue weighted by Crippen LogP contribution is -2.12. The van der Waals surface area contributed by atoms with Crippen LogP contribution in [0, 0.1) is 12.7 Å². The molecule has 0 saturated heterocycles. The van der Waals surface area contributed by atoms with Gasteiger partial charge in [-0.25, -0.2) is 9.37 Å². The molecule has 2 aromatic rings. The number of alkyl halides is 3. The van der Waals surface area contributed by atoms with Crippen molar-refractivity contribution in [3.8, 4) is 11.6 Å². The highest BCUT2D eigenvalue weighted by Crippen LogP contribution is 2.30. The highest BCUT2D eigenvalue weighted by atomic mass is 19.4. The van der Waals surface area contributed by atoms with Crippen LogP contribution in [0.4, 0.5) is 23.4 Å². The lowest BCUT2D eigenvalue weighted by atomic mass is 10.2. The largest absolute Gasteiger partial charge is 0.451 e. The monoisotopic (exact) mass is 287 g/mol. The van der Waals surface area contributed by atoms with Crippen molar-refractivity contribution in [3.05, 3.63) is 41.5 Å². The van der Waals surface area contributed by atoms with Gasteiger partial charge < -0.3 is 10.5 Å². The normalized spacial score (nSPS) is 11.4. The molecule has 0 amide bonds. The molecule has 1 aromatic carbocycles. The molecular formula is C12H9F4N3O. The maximum atomic E-state index is 13.1. The Hall–Kier alpha value is -2.38. The van der Waals surface area contributed by atoms with Crippen LogP contribution in [0.15, 0.2) is 24.3 Å². The molecule has 106 valence electrons. The maximum Gasteiger partial charge on any atom is 0.451 e. The van der Waals surface area contributed by atoms with Crippen LogP contribution >= 0.6 is 0 Å². The van der Waals surface area contributed by atoms with E-state index in [1.165, 1.54) is 19.1 Å². The second-order valence-corrected chi connectivity index (χ2v) is 3.97. The van der Waals surface area contributed by atoms with E-state index in [0.717, 1.165) is 12.1 Å². The number of nitrogen functional groups attached to an aromatic ring is 1. The molecule has 2 rings (SSSR count). The number of nitrogens with two attached hydrogens (primary N) is 1. The lowest BCUT2D eigenvalue weighted by molar-refractivity contribution is -0.145. The first-order valence-corrected chi connectivity index (χ1v) is 5.41. The Morgan fingerprint density at radius 3 is 2.45 bits per heavy atom. The van der Waals surface area contributed by atoms with Crippen LogP contribution in [-0.2, 0) is 6.18 Å². The second kappa shape index (κ2) is 4.95. The van der Waals surface area contributed by atoms with E-state index in [0.29, 0.717) is 5.56 Å². The van der Waals surface area contributed by atoms with Gasteiger partial charge in [-0.05, 0) is 30.7 Å². The smallest absolute Gasteiger partial charge is 0.439 e. The summed E-state index contributed by atoms with van der Waals surface area (Å²) in [5.41, 5.74) is 5.56. The SMILES string of the molecule is Cc1cc(Oc2cc(N)nc(C(F)(F)F)n2)ccc1F. The number of hydrogen-bond acceptors (Lipinski definition) is 4. The topological polar surface area (TPSA) is 61.0 Å². The van der Waals surface area contributed by atoms with Crippen molar-refractivity contribution in [2.75, 3.05) is 5.73 Å². The number of benzene rings is 1. The van der Waals surface area contributed by atoms with Crippen LogP contribution in [0.1, 0.15) is 11.4 Å². The molecule has 0 unspecified atom stereocenters. The summed E-state index contributed by atoms with van der Waals surface area (Å²) in [5.74, 6) is -2.44. The summed E-state index contributed by atoms with van der Waals surface area (Å²) in [6, 6.07) is 4.79. The number of aromatic nitrogens is 2. The van der Waals surface area contributed by atoms with E-state index < -0.39 is 17.8 Å². The minimum Gasteiger partial charge on any atom is -0.439 e. The number of anilines is 1. The highest BCUT2D eigenvalue weighted by Gasteiger charge is 2.35. The molecule has 4 nitrogen and oxygen atoms in total. The summed E-state index contributed by atoms with van der Waals surface area (Å²) in [7, 11) is 0. The van der Waals surface area contributed by atoms with Crippen LogP contribution < -0.4 is 10.5 Å². The third-order valence-electron chi connectivity index (χ3n) is 2.33. The summed E-state index contributed by atoms with van der Waals surface area (Å²) in [6.45, 7) is 1.50. The van der Waals surface area contributed by atoms with E-state index in [2.05, 4.69) is 9.97 Å². The van der Waals surface area contributed by atoms with Crippen molar-refractivity contribution >= 4 is 5.82 Å². The van der Waals surface area contributed by atoms with Crippen molar-refractivity contribution < 1.29 is 22.3 Å². The van der Waals surface area contributed by atoms with Gasteiger partial charge in [0.05, 0.1) is 0 Å². The molecule has 0 bridgehead atoms.